The van der Waals surface area contributed by atoms with Crippen LogP contribution in [0.5, 0.6) is 0 Å². The number of hydrogen-bond donors (Lipinski definition) is 1. The Kier molecular flexibility index (Phi) is 1.27. The highest BCUT2D eigenvalue weighted by Crippen LogP contribution is 2.23. The summed E-state index contributed by atoms with van der Waals surface area (Å²) < 4.78 is 5.04. The zero-order valence-electron chi connectivity index (χ0n) is 5.99. The second-order valence-electron chi connectivity index (χ2n) is 2.75. The Morgan fingerprint density at radius 3 is 3.27 bits per heavy atom. The normalized spacial score (nSPS) is 36.1. The molecule has 1 fully saturated rings. The van der Waals surface area contributed by atoms with Crippen LogP contribution in [0.1, 0.15) is 0 Å². The van der Waals surface area contributed by atoms with E-state index in [9.17, 15) is 9.90 Å². The average Bonchev–Trinajstić information content (AvgIpc) is 2.29. The van der Waals surface area contributed by atoms with Crippen molar-refractivity contribution < 1.29 is 14.6 Å². The van der Waals surface area contributed by atoms with E-state index in [0.717, 1.165) is 0 Å². The van der Waals surface area contributed by atoms with Gasteiger partial charge in [-0.2, -0.15) is 0 Å². The van der Waals surface area contributed by atoms with Gasteiger partial charge < -0.3 is 14.7 Å². The van der Waals surface area contributed by atoms with Crippen LogP contribution in [-0.2, 0) is 9.53 Å². The first-order chi connectivity index (χ1) is 5.22. The van der Waals surface area contributed by atoms with Crippen molar-refractivity contribution in [3.05, 3.63) is 12.2 Å². The van der Waals surface area contributed by atoms with Gasteiger partial charge in [-0.25, -0.2) is 0 Å². The first-order valence-corrected chi connectivity index (χ1v) is 3.53. The summed E-state index contributed by atoms with van der Waals surface area (Å²) in [5.74, 6) is -0.129. The second-order valence-corrected chi connectivity index (χ2v) is 2.75. The molecule has 2 heterocycles. The Hall–Kier alpha value is -0.870. The van der Waals surface area contributed by atoms with Gasteiger partial charge >= 0.3 is 0 Å². The van der Waals surface area contributed by atoms with Crippen LogP contribution in [-0.4, -0.2) is 41.4 Å². The third-order valence-corrected chi connectivity index (χ3v) is 2.00. The lowest BCUT2D eigenvalue weighted by atomic mass is 10.2. The molecule has 1 N–H and O–H groups in total. The maximum Gasteiger partial charge on any atom is 0.249 e. The first-order valence-electron chi connectivity index (χ1n) is 3.53. The van der Waals surface area contributed by atoms with E-state index < -0.39 is 5.72 Å². The molecule has 1 atom stereocenters. The number of amides is 1. The monoisotopic (exact) mass is 155 g/mol. The average molecular weight is 155 g/mol. The van der Waals surface area contributed by atoms with Crippen LogP contribution in [0.4, 0.5) is 0 Å². The van der Waals surface area contributed by atoms with Crippen molar-refractivity contribution in [2.24, 2.45) is 0 Å². The Morgan fingerprint density at radius 2 is 2.55 bits per heavy atom. The van der Waals surface area contributed by atoms with Gasteiger partial charge in [-0.15, -0.1) is 0 Å². The molecule has 1 saturated heterocycles. The summed E-state index contributed by atoms with van der Waals surface area (Å²) in [4.78, 5) is 12.5. The van der Waals surface area contributed by atoms with Crippen molar-refractivity contribution >= 4 is 5.91 Å². The van der Waals surface area contributed by atoms with Gasteiger partial charge in [0, 0.05) is 12.6 Å². The SMILES string of the molecule is O=C1C=C[C@@]2(O)COCCN12. The van der Waals surface area contributed by atoms with E-state index in [1.165, 1.54) is 17.1 Å². The number of carbonyl (C=O) groups excluding carboxylic acids is 1. The molecule has 0 aromatic carbocycles. The van der Waals surface area contributed by atoms with Crippen LogP contribution >= 0.6 is 0 Å². The number of ether oxygens (including phenoxy) is 1. The highest BCUT2D eigenvalue weighted by atomic mass is 16.5. The summed E-state index contributed by atoms with van der Waals surface area (Å²) in [6.07, 6.45) is 2.86. The predicted molar refractivity (Wildman–Crippen MR) is 36.6 cm³/mol. The molecule has 0 aromatic heterocycles. The number of rotatable bonds is 0. The molecular formula is C7H9NO3. The fraction of sp³-hybridized carbons (Fsp3) is 0.571. The molecule has 2 rings (SSSR count). The van der Waals surface area contributed by atoms with E-state index in [2.05, 4.69) is 0 Å². The lowest BCUT2D eigenvalue weighted by molar-refractivity contribution is -0.168. The Morgan fingerprint density at radius 1 is 1.73 bits per heavy atom. The van der Waals surface area contributed by atoms with E-state index in [1.54, 1.807) is 0 Å². The number of aliphatic hydroxyl groups is 1. The summed E-state index contributed by atoms with van der Waals surface area (Å²) >= 11 is 0. The Bertz CT molecular complexity index is 226. The van der Waals surface area contributed by atoms with E-state index >= 15 is 0 Å². The van der Waals surface area contributed by atoms with E-state index in [1.807, 2.05) is 0 Å². The fourth-order valence-electron chi connectivity index (χ4n) is 1.38. The summed E-state index contributed by atoms with van der Waals surface area (Å²) in [7, 11) is 0. The van der Waals surface area contributed by atoms with Crippen LogP contribution < -0.4 is 0 Å². The molecule has 0 saturated carbocycles. The molecule has 11 heavy (non-hydrogen) atoms. The molecule has 0 unspecified atom stereocenters. The third-order valence-electron chi connectivity index (χ3n) is 2.00. The van der Waals surface area contributed by atoms with Gasteiger partial charge in [-0.3, -0.25) is 4.79 Å². The summed E-state index contributed by atoms with van der Waals surface area (Å²) in [6, 6.07) is 0. The zero-order valence-corrected chi connectivity index (χ0v) is 5.99. The second kappa shape index (κ2) is 2.06. The largest absolute Gasteiger partial charge is 0.374 e. The minimum absolute atomic E-state index is 0.129. The van der Waals surface area contributed by atoms with Crippen molar-refractivity contribution in [2.75, 3.05) is 19.8 Å². The van der Waals surface area contributed by atoms with Crippen LogP contribution in [0, 0.1) is 0 Å². The van der Waals surface area contributed by atoms with Gasteiger partial charge in [0.2, 0.25) is 5.91 Å². The summed E-state index contributed by atoms with van der Waals surface area (Å²) in [5, 5.41) is 9.67. The van der Waals surface area contributed by atoms with Crippen LogP contribution in [0.15, 0.2) is 12.2 Å². The lowest BCUT2D eigenvalue weighted by Crippen LogP contribution is -2.54. The predicted octanol–water partition coefficient (Wildman–Crippen LogP) is -0.896. The minimum Gasteiger partial charge on any atom is -0.374 e. The van der Waals surface area contributed by atoms with Gasteiger partial charge in [-0.05, 0) is 6.08 Å². The first kappa shape index (κ1) is 6.82. The summed E-state index contributed by atoms with van der Waals surface area (Å²) in [6.45, 7) is 1.17. The number of morpholine rings is 1. The number of hydrogen-bond acceptors (Lipinski definition) is 3. The fourth-order valence-corrected chi connectivity index (χ4v) is 1.38. The van der Waals surface area contributed by atoms with Gasteiger partial charge in [0.1, 0.15) is 0 Å². The maximum atomic E-state index is 11.0. The Balaban J connectivity index is 2.27. The molecule has 0 spiro atoms. The molecule has 0 bridgehead atoms. The van der Waals surface area contributed by atoms with Gasteiger partial charge in [0.25, 0.3) is 0 Å². The van der Waals surface area contributed by atoms with Gasteiger partial charge in [0.15, 0.2) is 5.72 Å². The molecule has 60 valence electrons. The molecule has 2 aliphatic rings. The van der Waals surface area contributed by atoms with Gasteiger partial charge in [0.05, 0.1) is 13.2 Å². The third kappa shape index (κ3) is 0.868. The van der Waals surface area contributed by atoms with E-state index in [0.29, 0.717) is 13.2 Å². The van der Waals surface area contributed by atoms with Crippen LogP contribution in [0.2, 0.25) is 0 Å². The zero-order chi connectivity index (χ0) is 7.90. The molecule has 4 nitrogen and oxygen atoms in total. The quantitative estimate of drug-likeness (QED) is 0.493. The molecule has 1 amide bonds. The van der Waals surface area contributed by atoms with E-state index in [-0.39, 0.29) is 12.5 Å². The molecular weight excluding hydrogens is 146 g/mol. The van der Waals surface area contributed by atoms with Crippen molar-refractivity contribution in [1.29, 1.82) is 0 Å². The van der Waals surface area contributed by atoms with Crippen LogP contribution in [0.3, 0.4) is 0 Å². The number of fused-ring (bicyclic) bond motifs is 1. The number of nitrogens with zero attached hydrogens (tertiary/aromatic N) is 1. The number of carbonyl (C=O) groups is 1. The standard InChI is InChI=1S/C7H9NO3/c9-6-1-2-7(10)5-11-4-3-8(6)7/h1-2,10H,3-5H2/t7-/m1/s1. The van der Waals surface area contributed by atoms with Gasteiger partial charge in [-0.1, -0.05) is 0 Å². The van der Waals surface area contributed by atoms with E-state index in [4.69, 9.17) is 4.74 Å². The van der Waals surface area contributed by atoms with Crippen molar-refractivity contribution in [1.82, 2.24) is 4.90 Å². The summed E-state index contributed by atoms with van der Waals surface area (Å²) in [5.41, 5.74) is -1.16. The van der Waals surface area contributed by atoms with Crippen molar-refractivity contribution in [2.45, 2.75) is 5.72 Å². The van der Waals surface area contributed by atoms with Crippen molar-refractivity contribution in [3.63, 3.8) is 0 Å². The molecule has 4 heteroatoms. The topological polar surface area (TPSA) is 49.8 Å². The molecule has 2 aliphatic heterocycles. The minimum atomic E-state index is -1.16. The highest BCUT2D eigenvalue weighted by Gasteiger charge is 2.41. The maximum absolute atomic E-state index is 11.0. The van der Waals surface area contributed by atoms with Crippen molar-refractivity contribution in [3.8, 4) is 0 Å². The molecule has 0 aliphatic carbocycles. The highest BCUT2D eigenvalue weighted by molar-refractivity contribution is 5.91. The smallest absolute Gasteiger partial charge is 0.249 e. The van der Waals surface area contributed by atoms with Crippen LogP contribution in [0.25, 0.3) is 0 Å². The molecule has 0 radical (unpaired) electrons. The lowest BCUT2D eigenvalue weighted by Gasteiger charge is -2.36. The molecule has 0 aromatic rings. The Labute approximate surface area is 64.1 Å².